The highest BCUT2D eigenvalue weighted by molar-refractivity contribution is 5.84. The van der Waals surface area contributed by atoms with Gasteiger partial charge in [0.05, 0.1) is 23.3 Å². The molecular weight excluding hydrogens is 284 g/mol. The largest absolute Gasteiger partial charge is 0.272 e. The minimum atomic E-state index is 0.981. The molecule has 3 aromatic rings. The van der Waals surface area contributed by atoms with Gasteiger partial charge in [0, 0.05) is 18.3 Å². The van der Waals surface area contributed by atoms with E-state index in [9.17, 15) is 0 Å². The van der Waals surface area contributed by atoms with Crippen molar-refractivity contribution in [3.05, 3.63) is 77.6 Å². The van der Waals surface area contributed by atoms with E-state index in [1.54, 1.807) is 0 Å². The van der Waals surface area contributed by atoms with E-state index >= 15 is 0 Å². The molecular formula is C19H20N4. The van der Waals surface area contributed by atoms with Gasteiger partial charge >= 0.3 is 0 Å². The molecule has 0 aliphatic heterocycles. The monoisotopic (exact) mass is 304 g/mol. The fourth-order valence-electron chi connectivity index (χ4n) is 2.51. The molecule has 0 unspecified atom stereocenters. The topological polar surface area (TPSA) is 33.4 Å². The standard InChI is InChI=1S/C19H20N4/c1-15-19(16(2)22(3)21-15)14-20-23(17-10-6-4-7-11-17)18-12-8-5-9-13-18/h4-14H,1-3H3/b20-14-. The third-order valence-electron chi connectivity index (χ3n) is 3.87. The first-order valence-corrected chi connectivity index (χ1v) is 7.61. The first kappa shape index (κ1) is 15.0. The first-order chi connectivity index (χ1) is 11.2. The molecule has 0 aliphatic carbocycles. The number of hydrogen-bond donors (Lipinski definition) is 0. The Kier molecular flexibility index (Phi) is 4.24. The van der Waals surface area contributed by atoms with Crippen LogP contribution < -0.4 is 5.01 Å². The molecule has 1 heterocycles. The fourth-order valence-corrected chi connectivity index (χ4v) is 2.51. The summed E-state index contributed by atoms with van der Waals surface area (Å²) in [4.78, 5) is 0. The predicted molar refractivity (Wildman–Crippen MR) is 95.3 cm³/mol. The van der Waals surface area contributed by atoms with E-state index in [1.807, 2.05) is 90.5 Å². The number of para-hydroxylation sites is 2. The molecule has 0 spiro atoms. The van der Waals surface area contributed by atoms with Crippen LogP contribution in [0, 0.1) is 13.8 Å². The van der Waals surface area contributed by atoms with Crippen LogP contribution in [-0.4, -0.2) is 16.0 Å². The highest BCUT2D eigenvalue weighted by atomic mass is 15.5. The lowest BCUT2D eigenvalue weighted by atomic mass is 10.2. The molecule has 23 heavy (non-hydrogen) atoms. The minimum absolute atomic E-state index is 0.981. The maximum atomic E-state index is 4.72. The van der Waals surface area contributed by atoms with E-state index in [2.05, 4.69) is 12.0 Å². The van der Waals surface area contributed by atoms with Gasteiger partial charge in [0.2, 0.25) is 0 Å². The van der Waals surface area contributed by atoms with Crippen molar-refractivity contribution in [1.29, 1.82) is 0 Å². The van der Waals surface area contributed by atoms with Crippen LogP contribution in [0.1, 0.15) is 17.0 Å². The van der Waals surface area contributed by atoms with Gasteiger partial charge in [-0.15, -0.1) is 0 Å². The van der Waals surface area contributed by atoms with Gasteiger partial charge in [-0.05, 0) is 38.1 Å². The molecule has 0 radical (unpaired) electrons. The summed E-state index contributed by atoms with van der Waals surface area (Å²) >= 11 is 0. The van der Waals surface area contributed by atoms with Gasteiger partial charge in [-0.2, -0.15) is 10.2 Å². The molecule has 2 aromatic carbocycles. The summed E-state index contributed by atoms with van der Waals surface area (Å²) in [7, 11) is 1.95. The molecule has 3 rings (SSSR count). The van der Waals surface area contributed by atoms with E-state index in [1.165, 1.54) is 0 Å². The molecule has 0 amide bonds. The van der Waals surface area contributed by atoms with E-state index in [0.29, 0.717) is 0 Å². The van der Waals surface area contributed by atoms with Crippen molar-refractivity contribution in [3.63, 3.8) is 0 Å². The van der Waals surface area contributed by atoms with E-state index < -0.39 is 0 Å². The maximum absolute atomic E-state index is 4.72. The maximum Gasteiger partial charge on any atom is 0.0684 e. The number of rotatable bonds is 4. The summed E-state index contributed by atoms with van der Waals surface area (Å²) in [6, 6.07) is 20.3. The number of nitrogens with zero attached hydrogens (tertiary/aromatic N) is 4. The van der Waals surface area contributed by atoms with Crippen LogP contribution in [0.3, 0.4) is 0 Å². The van der Waals surface area contributed by atoms with Gasteiger partial charge in [0.15, 0.2) is 0 Å². The summed E-state index contributed by atoms with van der Waals surface area (Å²) in [6.45, 7) is 4.06. The Morgan fingerprint density at radius 2 is 1.43 bits per heavy atom. The summed E-state index contributed by atoms with van der Waals surface area (Å²) in [5.74, 6) is 0. The second-order valence-electron chi connectivity index (χ2n) is 5.44. The summed E-state index contributed by atoms with van der Waals surface area (Å²) in [6.07, 6.45) is 1.89. The van der Waals surface area contributed by atoms with E-state index in [-0.39, 0.29) is 0 Å². The quantitative estimate of drug-likeness (QED) is 0.534. The molecule has 0 aliphatic rings. The summed E-state index contributed by atoms with van der Waals surface area (Å²) in [5, 5.41) is 11.1. The van der Waals surface area contributed by atoms with Crippen LogP contribution in [0.15, 0.2) is 65.8 Å². The van der Waals surface area contributed by atoms with Crippen LogP contribution in [0.5, 0.6) is 0 Å². The fraction of sp³-hybridized carbons (Fsp3) is 0.158. The van der Waals surface area contributed by atoms with Crippen molar-refractivity contribution >= 4 is 17.6 Å². The van der Waals surface area contributed by atoms with Crippen molar-refractivity contribution < 1.29 is 0 Å². The number of aryl methyl sites for hydroxylation is 2. The highest BCUT2D eigenvalue weighted by Crippen LogP contribution is 2.25. The van der Waals surface area contributed by atoms with Crippen molar-refractivity contribution in [3.8, 4) is 0 Å². The van der Waals surface area contributed by atoms with Gasteiger partial charge < -0.3 is 0 Å². The molecule has 4 heteroatoms. The van der Waals surface area contributed by atoms with Crippen LogP contribution >= 0.6 is 0 Å². The number of benzene rings is 2. The Hall–Kier alpha value is -2.88. The van der Waals surface area contributed by atoms with Crippen LogP contribution in [-0.2, 0) is 7.05 Å². The Morgan fingerprint density at radius 3 is 1.87 bits per heavy atom. The second kappa shape index (κ2) is 6.48. The van der Waals surface area contributed by atoms with Gasteiger partial charge in [-0.1, -0.05) is 36.4 Å². The summed E-state index contributed by atoms with van der Waals surface area (Å²) in [5.41, 5.74) is 5.19. The van der Waals surface area contributed by atoms with E-state index in [4.69, 9.17) is 5.10 Å². The van der Waals surface area contributed by atoms with Crippen LogP contribution in [0.2, 0.25) is 0 Å². The lowest BCUT2D eigenvalue weighted by Gasteiger charge is -2.19. The Bertz CT molecular complexity index is 765. The average Bonchev–Trinajstić information content (AvgIpc) is 2.83. The van der Waals surface area contributed by atoms with Crippen molar-refractivity contribution in [2.24, 2.45) is 12.1 Å². The van der Waals surface area contributed by atoms with E-state index in [0.717, 1.165) is 28.3 Å². The van der Waals surface area contributed by atoms with Crippen LogP contribution in [0.25, 0.3) is 0 Å². The normalized spacial score (nSPS) is 11.1. The first-order valence-electron chi connectivity index (χ1n) is 7.61. The predicted octanol–water partition coefficient (Wildman–Crippen LogP) is 4.21. The van der Waals surface area contributed by atoms with Gasteiger partial charge in [-0.25, -0.2) is 5.01 Å². The average molecular weight is 304 g/mol. The smallest absolute Gasteiger partial charge is 0.0684 e. The SMILES string of the molecule is Cc1nn(C)c(C)c1/C=N\N(c1ccccc1)c1ccccc1. The third kappa shape index (κ3) is 3.16. The zero-order chi connectivity index (χ0) is 16.2. The van der Waals surface area contributed by atoms with Gasteiger partial charge in [0.25, 0.3) is 0 Å². The molecule has 1 aromatic heterocycles. The number of hydrazone groups is 1. The zero-order valence-corrected chi connectivity index (χ0v) is 13.6. The lowest BCUT2D eigenvalue weighted by Crippen LogP contribution is -2.09. The molecule has 0 atom stereocenters. The van der Waals surface area contributed by atoms with Crippen molar-refractivity contribution in [1.82, 2.24) is 9.78 Å². The minimum Gasteiger partial charge on any atom is -0.272 e. The van der Waals surface area contributed by atoms with Crippen molar-refractivity contribution in [2.75, 3.05) is 5.01 Å². The highest BCUT2D eigenvalue weighted by Gasteiger charge is 2.10. The zero-order valence-electron chi connectivity index (χ0n) is 13.6. The van der Waals surface area contributed by atoms with Gasteiger partial charge in [0.1, 0.15) is 0 Å². The number of hydrogen-bond acceptors (Lipinski definition) is 3. The molecule has 0 fully saturated rings. The number of aromatic nitrogens is 2. The lowest BCUT2D eigenvalue weighted by molar-refractivity contribution is 0.731. The molecule has 0 saturated carbocycles. The Labute approximate surface area is 136 Å². The number of anilines is 2. The second-order valence-corrected chi connectivity index (χ2v) is 5.44. The van der Waals surface area contributed by atoms with Crippen molar-refractivity contribution in [2.45, 2.75) is 13.8 Å². The Morgan fingerprint density at radius 1 is 0.913 bits per heavy atom. The van der Waals surface area contributed by atoms with Crippen LogP contribution in [0.4, 0.5) is 11.4 Å². The molecule has 0 N–H and O–H groups in total. The molecule has 116 valence electrons. The summed E-state index contributed by atoms with van der Waals surface area (Å²) < 4.78 is 1.88. The molecule has 0 saturated heterocycles. The molecule has 0 bridgehead atoms. The van der Waals surface area contributed by atoms with Gasteiger partial charge in [-0.3, -0.25) is 4.68 Å². The molecule has 4 nitrogen and oxygen atoms in total. The Balaban J connectivity index is 2.01. The third-order valence-corrected chi connectivity index (χ3v) is 3.87.